The molecule has 3 nitrogen and oxygen atoms in total. The minimum Gasteiger partial charge on any atom is -0.325 e. The Labute approximate surface area is 189 Å². The first-order chi connectivity index (χ1) is 14.3. The SMILES string of the molecule is CC(C)(C)c1ccc(CN(CC(=O)N2CCSC2c2ccccc2Cl)C2CC2)cc1. The van der Waals surface area contributed by atoms with E-state index in [0.29, 0.717) is 12.6 Å². The summed E-state index contributed by atoms with van der Waals surface area (Å²) in [4.78, 5) is 17.7. The third-order valence-corrected chi connectivity index (χ3v) is 7.58. The number of halogens is 1. The fraction of sp³-hybridized carbons (Fsp3) is 0.480. The predicted molar refractivity (Wildman–Crippen MR) is 127 cm³/mol. The van der Waals surface area contributed by atoms with Crippen LogP contribution in [0.25, 0.3) is 0 Å². The Morgan fingerprint density at radius 1 is 1.13 bits per heavy atom. The quantitative estimate of drug-likeness (QED) is 0.558. The average molecular weight is 443 g/mol. The molecule has 2 aromatic rings. The van der Waals surface area contributed by atoms with Gasteiger partial charge in [0.05, 0.1) is 6.54 Å². The Morgan fingerprint density at radius 2 is 1.83 bits per heavy atom. The number of carbonyl (C=O) groups is 1. The van der Waals surface area contributed by atoms with E-state index in [9.17, 15) is 4.79 Å². The second-order valence-corrected chi connectivity index (χ2v) is 11.0. The van der Waals surface area contributed by atoms with E-state index in [1.54, 1.807) is 0 Å². The molecule has 1 saturated carbocycles. The summed E-state index contributed by atoms with van der Waals surface area (Å²) < 4.78 is 0. The van der Waals surface area contributed by atoms with Crippen LogP contribution >= 0.6 is 23.4 Å². The van der Waals surface area contributed by atoms with Crippen molar-refractivity contribution < 1.29 is 4.79 Å². The summed E-state index contributed by atoms with van der Waals surface area (Å²) in [6, 6.07) is 17.3. The third-order valence-electron chi connectivity index (χ3n) is 5.99. The van der Waals surface area contributed by atoms with Gasteiger partial charge in [-0.1, -0.05) is 74.8 Å². The lowest BCUT2D eigenvalue weighted by Crippen LogP contribution is -2.40. The molecule has 2 aliphatic rings. The molecule has 2 fully saturated rings. The van der Waals surface area contributed by atoms with Crippen LogP contribution in [0.4, 0.5) is 0 Å². The van der Waals surface area contributed by atoms with Gasteiger partial charge in [-0.3, -0.25) is 9.69 Å². The Bertz CT molecular complexity index is 889. The second kappa shape index (κ2) is 8.94. The highest BCUT2D eigenvalue weighted by atomic mass is 35.5. The maximum atomic E-state index is 13.3. The highest BCUT2D eigenvalue weighted by molar-refractivity contribution is 7.99. The van der Waals surface area contributed by atoms with E-state index >= 15 is 0 Å². The van der Waals surface area contributed by atoms with Crippen LogP contribution in [0.15, 0.2) is 48.5 Å². The molecule has 0 N–H and O–H groups in total. The third kappa shape index (κ3) is 5.04. The van der Waals surface area contributed by atoms with Crippen LogP contribution in [0, 0.1) is 0 Å². The zero-order valence-corrected chi connectivity index (χ0v) is 19.7. The molecular formula is C25H31ClN2OS. The van der Waals surface area contributed by atoms with Crippen LogP contribution < -0.4 is 0 Å². The van der Waals surface area contributed by atoms with Gasteiger partial charge in [-0.05, 0) is 35.4 Å². The molecule has 5 heteroatoms. The Balaban J connectivity index is 1.44. The van der Waals surface area contributed by atoms with Gasteiger partial charge in [0.25, 0.3) is 0 Å². The molecule has 0 radical (unpaired) electrons. The molecule has 1 amide bonds. The molecule has 0 bridgehead atoms. The fourth-order valence-corrected chi connectivity index (χ4v) is 5.64. The molecule has 1 aliphatic heterocycles. The summed E-state index contributed by atoms with van der Waals surface area (Å²) in [7, 11) is 0. The molecule has 1 saturated heterocycles. The number of thioether (sulfide) groups is 1. The van der Waals surface area contributed by atoms with Gasteiger partial charge in [-0.2, -0.15) is 0 Å². The van der Waals surface area contributed by atoms with E-state index in [2.05, 4.69) is 49.9 Å². The maximum Gasteiger partial charge on any atom is 0.237 e. The molecule has 30 heavy (non-hydrogen) atoms. The highest BCUT2D eigenvalue weighted by Crippen LogP contribution is 2.41. The lowest BCUT2D eigenvalue weighted by Gasteiger charge is -2.29. The standard InChI is InChI=1S/C25H31ClN2OS/c1-25(2,3)19-10-8-18(9-11-19)16-27(20-12-13-20)17-23(29)28-14-15-30-24(28)21-6-4-5-7-22(21)26/h4-11,20,24H,12-17H2,1-3H3. The van der Waals surface area contributed by atoms with E-state index in [1.807, 2.05) is 40.9 Å². The molecule has 1 unspecified atom stereocenters. The normalized spacial score (nSPS) is 19.5. The van der Waals surface area contributed by atoms with E-state index in [0.717, 1.165) is 29.4 Å². The first kappa shape index (κ1) is 21.7. The first-order valence-electron chi connectivity index (χ1n) is 10.8. The molecule has 1 atom stereocenters. The maximum absolute atomic E-state index is 13.3. The number of carbonyl (C=O) groups excluding carboxylic acids is 1. The van der Waals surface area contributed by atoms with Crippen molar-refractivity contribution >= 4 is 29.3 Å². The summed E-state index contributed by atoms with van der Waals surface area (Å²) in [5.41, 5.74) is 3.83. The van der Waals surface area contributed by atoms with Gasteiger partial charge in [0.2, 0.25) is 5.91 Å². The van der Waals surface area contributed by atoms with Crippen molar-refractivity contribution in [3.8, 4) is 0 Å². The van der Waals surface area contributed by atoms with Crippen LogP contribution in [0.2, 0.25) is 5.02 Å². The Kier molecular flexibility index (Phi) is 6.47. The molecular weight excluding hydrogens is 412 g/mol. The van der Waals surface area contributed by atoms with E-state index in [1.165, 1.54) is 24.0 Å². The van der Waals surface area contributed by atoms with Crippen LogP contribution in [0.5, 0.6) is 0 Å². The average Bonchev–Trinajstić information content (AvgIpc) is 3.44. The van der Waals surface area contributed by atoms with Gasteiger partial charge in [0.15, 0.2) is 0 Å². The van der Waals surface area contributed by atoms with Crippen molar-refractivity contribution in [3.63, 3.8) is 0 Å². The van der Waals surface area contributed by atoms with E-state index < -0.39 is 0 Å². The van der Waals surface area contributed by atoms with Gasteiger partial charge in [0.1, 0.15) is 5.37 Å². The van der Waals surface area contributed by atoms with E-state index in [4.69, 9.17) is 11.6 Å². The van der Waals surface area contributed by atoms with Crippen molar-refractivity contribution in [1.29, 1.82) is 0 Å². The fourth-order valence-electron chi connectivity index (χ4n) is 4.02. The van der Waals surface area contributed by atoms with E-state index in [-0.39, 0.29) is 16.7 Å². The van der Waals surface area contributed by atoms with Gasteiger partial charge < -0.3 is 4.90 Å². The van der Waals surface area contributed by atoms with Crippen molar-refractivity contribution in [2.24, 2.45) is 0 Å². The monoisotopic (exact) mass is 442 g/mol. The van der Waals surface area contributed by atoms with Crippen LogP contribution in [0.3, 0.4) is 0 Å². The largest absolute Gasteiger partial charge is 0.325 e. The number of nitrogens with zero attached hydrogens (tertiary/aromatic N) is 2. The van der Waals surface area contributed by atoms with Crippen molar-refractivity contribution in [1.82, 2.24) is 9.80 Å². The Hall–Kier alpha value is -1.49. The summed E-state index contributed by atoms with van der Waals surface area (Å²) in [6.07, 6.45) is 2.38. The van der Waals surface area contributed by atoms with Crippen molar-refractivity contribution in [2.45, 2.75) is 57.0 Å². The highest BCUT2D eigenvalue weighted by Gasteiger charge is 2.36. The molecule has 4 rings (SSSR count). The number of amides is 1. The van der Waals surface area contributed by atoms with Crippen LogP contribution in [-0.2, 0) is 16.8 Å². The van der Waals surface area contributed by atoms with Gasteiger partial charge in [-0.25, -0.2) is 0 Å². The van der Waals surface area contributed by atoms with Crippen molar-refractivity contribution in [2.75, 3.05) is 18.8 Å². The molecule has 160 valence electrons. The summed E-state index contributed by atoms with van der Waals surface area (Å²) in [6.45, 7) is 8.81. The lowest BCUT2D eigenvalue weighted by atomic mass is 9.87. The first-order valence-corrected chi connectivity index (χ1v) is 12.2. The van der Waals surface area contributed by atoms with Crippen molar-refractivity contribution in [3.05, 3.63) is 70.2 Å². The number of rotatable bonds is 6. The zero-order chi connectivity index (χ0) is 21.3. The minimum atomic E-state index is 0.0262. The number of hydrogen-bond donors (Lipinski definition) is 0. The van der Waals surface area contributed by atoms with Gasteiger partial charge in [-0.15, -0.1) is 11.8 Å². The lowest BCUT2D eigenvalue weighted by molar-refractivity contribution is -0.132. The molecule has 1 aliphatic carbocycles. The molecule has 1 heterocycles. The summed E-state index contributed by atoms with van der Waals surface area (Å²) in [5.74, 6) is 1.17. The molecule has 2 aromatic carbocycles. The van der Waals surface area contributed by atoms with Crippen LogP contribution in [0.1, 0.15) is 55.7 Å². The number of benzene rings is 2. The summed E-state index contributed by atoms with van der Waals surface area (Å²) in [5, 5.41) is 0.769. The van der Waals surface area contributed by atoms with Crippen LogP contribution in [-0.4, -0.2) is 40.6 Å². The second-order valence-electron chi connectivity index (χ2n) is 9.41. The Morgan fingerprint density at radius 3 is 2.47 bits per heavy atom. The predicted octanol–water partition coefficient (Wildman–Crippen LogP) is 5.88. The summed E-state index contributed by atoms with van der Waals surface area (Å²) >= 11 is 8.24. The topological polar surface area (TPSA) is 23.6 Å². The van der Waals surface area contributed by atoms with Gasteiger partial charge in [0, 0.05) is 35.5 Å². The van der Waals surface area contributed by atoms with Gasteiger partial charge >= 0.3 is 0 Å². The molecule has 0 spiro atoms. The minimum absolute atomic E-state index is 0.0262. The smallest absolute Gasteiger partial charge is 0.237 e. The number of hydrogen-bond acceptors (Lipinski definition) is 3. The molecule has 0 aromatic heterocycles. The zero-order valence-electron chi connectivity index (χ0n) is 18.1.